The van der Waals surface area contributed by atoms with Crippen LogP contribution in [0.25, 0.3) is 0 Å². The van der Waals surface area contributed by atoms with Gasteiger partial charge in [-0.15, -0.1) is 0 Å². The number of aliphatic carboxylic acids is 1. The van der Waals surface area contributed by atoms with Crippen LogP contribution in [0.1, 0.15) is 31.1 Å². The zero-order chi connectivity index (χ0) is 11.1. The number of hydrogen-bond donors (Lipinski definition) is 2. The van der Waals surface area contributed by atoms with Crippen molar-refractivity contribution in [3.05, 3.63) is 5.82 Å². The van der Waals surface area contributed by atoms with E-state index in [0.717, 1.165) is 24.8 Å². The zero-order valence-electron chi connectivity index (χ0n) is 8.89. The molecule has 0 amide bonds. The van der Waals surface area contributed by atoms with Crippen LogP contribution in [0.5, 0.6) is 0 Å². The van der Waals surface area contributed by atoms with Crippen molar-refractivity contribution in [3.8, 4) is 0 Å². The van der Waals surface area contributed by atoms with Crippen LogP contribution >= 0.6 is 0 Å². The van der Waals surface area contributed by atoms with Crippen LogP contribution in [0, 0.1) is 5.92 Å². The fraction of sp³-hybridized carbons (Fsp3) is 0.700. The number of nitrogens with one attached hydrogen (secondary N) is 1. The second-order valence-corrected chi connectivity index (χ2v) is 4.49. The summed E-state index contributed by atoms with van der Waals surface area (Å²) in [4.78, 5) is 14.8. The van der Waals surface area contributed by atoms with Gasteiger partial charge in [-0.25, -0.2) is 4.68 Å². The van der Waals surface area contributed by atoms with Gasteiger partial charge in [-0.05, 0) is 25.2 Å². The van der Waals surface area contributed by atoms with Crippen molar-refractivity contribution in [1.82, 2.24) is 14.8 Å². The number of carboxylic acids is 1. The van der Waals surface area contributed by atoms with E-state index in [9.17, 15) is 4.79 Å². The molecule has 0 saturated heterocycles. The number of nitrogens with zero attached hydrogens (tertiary/aromatic N) is 3. The van der Waals surface area contributed by atoms with E-state index in [-0.39, 0.29) is 6.42 Å². The van der Waals surface area contributed by atoms with Crippen molar-refractivity contribution in [2.24, 2.45) is 5.92 Å². The highest BCUT2D eigenvalue weighted by atomic mass is 16.4. The third-order valence-electron chi connectivity index (χ3n) is 3.19. The molecule has 1 aliphatic carbocycles. The van der Waals surface area contributed by atoms with Crippen molar-refractivity contribution in [1.29, 1.82) is 0 Å². The summed E-state index contributed by atoms with van der Waals surface area (Å²) in [7, 11) is 0. The summed E-state index contributed by atoms with van der Waals surface area (Å²) in [5, 5.41) is 16.2. The maximum atomic E-state index is 10.6. The topological polar surface area (TPSA) is 80.0 Å². The van der Waals surface area contributed by atoms with Crippen LogP contribution in [-0.4, -0.2) is 32.4 Å². The number of carbonyl (C=O) groups is 1. The summed E-state index contributed by atoms with van der Waals surface area (Å²) >= 11 is 0. The predicted octanol–water partition coefficient (Wildman–Crippen LogP) is 0.672. The van der Waals surface area contributed by atoms with Gasteiger partial charge < -0.3 is 10.4 Å². The normalized spacial score (nSPS) is 23.6. The van der Waals surface area contributed by atoms with E-state index in [4.69, 9.17) is 5.11 Å². The Morgan fingerprint density at radius 3 is 3.00 bits per heavy atom. The molecule has 6 heteroatoms. The largest absolute Gasteiger partial charge is 0.481 e. The molecule has 1 aromatic heterocycles. The molecule has 0 bridgehead atoms. The highest BCUT2D eigenvalue weighted by Gasteiger charge is 2.36. The van der Waals surface area contributed by atoms with Crippen molar-refractivity contribution in [2.75, 3.05) is 11.9 Å². The molecule has 1 fully saturated rings. The van der Waals surface area contributed by atoms with Crippen molar-refractivity contribution >= 4 is 11.9 Å². The van der Waals surface area contributed by atoms with Gasteiger partial charge in [0.2, 0.25) is 5.95 Å². The molecule has 2 heterocycles. The molecule has 1 aromatic rings. The number of carboxylic acid groups (broad SMARTS) is 1. The molecule has 0 radical (unpaired) electrons. The average molecular weight is 222 g/mol. The van der Waals surface area contributed by atoms with Gasteiger partial charge in [0.15, 0.2) is 5.82 Å². The Balaban J connectivity index is 1.88. The summed E-state index contributed by atoms with van der Waals surface area (Å²) in [6.45, 7) is 0.909. The minimum atomic E-state index is -0.883. The molecular weight excluding hydrogens is 208 g/mol. The van der Waals surface area contributed by atoms with Gasteiger partial charge in [0.25, 0.3) is 0 Å². The van der Waals surface area contributed by atoms with Gasteiger partial charge in [-0.2, -0.15) is 10.1 Å². The predicted molar refractivity (Wildman–Crippen MR) is 56.2 cm³/mol. The maximum Gasteiger partial charge on any atom is 0.311 e. The molecule has 86 valence electrons. The summed E-state index contributed by atoms with van der Waals surface area (Å²) < 4.78 is 1.89. The molecule has 1 aliphatic heterocycles. The minimum absolute atomic E-state index is 0.0981. The first-order valence-electron chi connectivity index (χ1n) is 5.65. The van der Waals surface area contributed by atoms with Gasteiger partial charge >= 0.3 is 5.97 Å². The second-order valence-electron chi connectivity index (χ2n) is 4.49. The van der Waals surface area contributed by atoms with Gasteiger partial charge in [0.1, 0.15) is 6.42 Å². The Morgan fingerprint density at radius 2 is 2.31 bits per heavy atom. The Kier molecular flexibility index (Phi) is 2.08. The number of fused-ring (bicyclic) bond motifs is 1. The number of rotatable bonds is 3. The zero-order valence-corrected chi connectivity index (χ0v) is 8.89. The molecule has 1 unspecified atom stereocenters. The fourth-order valence-electron chi connectivity index (χ4n) is 2.30. The van der Waals surface area contributed by atoms with E-state index >= 15 is 0 Å². The quantitative estimate of drug-likeness (QED) is 0.785. The lowest BCUT2D eigenvalue weighted by molar-refractivity contribution is -0.136. The molecule has 0 aromatic carbocycles. The third-order valence-corrected chi connectivity index (χ3v) is 3.19. The summed E-state index contributed by atoms with van der Waals surface area (Å²) in [6.07, 6.45) is 3.49. The molecule has 1 saturated carbocycles. The van der Waals surface area contributed by atoms with E-state index < -0.39 is 5.97 Å². The monoisotopic (exact) mass is 222 g/mol. The summed E-state index contributed by atoms with van der Waals surface area (Å²) in [6, 6.07) is 0.422. The molecule has 6 nitrogen and oxygen atoms in total. The maximum absolute atomic E-state index is 10.6. The summed E-state index contributed by atoms with van der Waals surface area (Å²) in [5.74, 6) is 0.980. The minimum Gasteiger partial charge on any atom is -0.481 e. The average Bonchev–Trinajstić information content (AvgIpc) is 2.97. The van der Waals surface area contributed by atoms with Gasteiger partial charge in [-0.3, -0.25) is 4.79 Å². The van der Waals surface area contributed by atoms with Crippen molar-refractivity contribution in [2.45, 2.75) is 31.7 Å². The van der Waals surface area contributed by atoms with E-state index in [2.05, 4.69) is 15.4 Å². The molecular formula is C10H14N4O2. The molecule has 3 rings (SSSR count). The van der Waals surface area contributed by atoms with Crippen LogP contribution in [0.15, 0.2) is 0 Å². The molecule has 1 atom stereocenters. The lowest BCUT2D eigenvalue weighted by Crippen LogP contribution is -2.25. The fourth-order valence-corrected chi connectivity index (χ4v) is 2.30. The Hall–Kier alpha value is -1.59. The van der Waals surface area contributed by atoms with Crippen LogP contribution in [-0.2, 0) is 11.2 Å². The number of hydrogen-bond acceptors (Lipinski definition) is 4. The first-order chi connectivity index (χ1) is 7.74. The summed E-state index contributed by atoms with van der Waals surface area (Å²) in [5.41, 5.74) is 0. The third kappa shape index (κ3) is 1.64. The SMILES string of the molecule is O=C(O)Cc1nc2n(n1)C(C1CC1)CCN2. The lowest BCUT2D eigenvalue weighted by atomic mass is 10.1. The van der Waals surface area contributed by atoms with Crippen LogP contribution in [0.4, 0.5) is 5.95 Å². The molecule has 16 heavy (non-hydrogen) atoms. The van der Waals surface area contributed by atoms with Gasteiger partial charge in [0, 0.05) is 6.54 Å². The van der Waals surface area contributed by atoms with Crippen LogP contribution < -0.4 is 5.32 Å². The van der Waals surface area contributed by atoms with Crippen molar-refractivity contribution < 1.29 is 9.90 Å². The lowest BCUT2D eigenvalue weighted by Gasteiger charge is -2.23. The molecule has 2 N–H and O–H groups in total. The number of anilines is 1. The highest BCUT2D eigenvalue weighted by Crippen LogP contribution is 2.43. The molecule has 0 spiro atoms. The van der Waals surface area contributed by atoms with E-state index in [1.54, 1.807) is 0 Å². The smallest absolute Gasteiger partial charge is 0.311 e. The van der Waals surface area contributed by atoms with E-state index in [1.165, 1.54) is 12.8 Å². The van der Waals surface area contributed by atoms with Crippen LogP contribution in [0.2, 0.25) is 0 Å². The van der Waals surface area contributed by atoms with E-state index in [1.807, 2.05) is 4.68 Å². The van der Waals surface area contributed by atoms with Gasteiger partial charge in [-0.1, -0.05) is 0 Å². The Bertz CT molecular complexity index is 424. The van der Waals surface area contributed by atoms with E-state index in [0.29, 0.717) is 11.9 Å². The van der Waals surface area contributed by atoms with Gasteiger partial charge in [0.05, 0.1) is 6.04 Å². The number of aromatic nitrogens is 3. The standard InChI is InChI=1S/C10H14N4O2/c15-9(16)5-8-12-10-11-4-3-7(6-1-2-6)14(10)13-8/h6-7H,1-5H2,(H,15,16)(H,11,12,13). The van der Waals surface area contributed by atoms with Crippen LogP contribution in [0.3, 0.4) is 0 Å². The molecule has 2 aliphatic rings. The highest BCUT2D eigenvalue weighted by molar-refractivity contribution is 5.69. The van der Waals surface area contributed by atoms with Crippen molar-refractivity contribution in [3.63, 3.8) is 0 Å². The second kappa shape index (κ2) is 3.47. The Morgan fingerprint density at radius 1 is 1.50 bits per heavy atom. The first-order valence-corrected chi connectivity index (χ1v) is 5.65. The Labute approximate surface area is 92.7 Å². The first kappa shape index (κ1) is 9.62.